The number of hydrazone groups is 1. The summed E-state index contributed by atoms with van der Waals surface area (Å²) in [5, 5.41) is 5.90. The van der Waals surface area contributed by atoms with E-state index in [4.69, 9.17) is 4.42 Å². The first-order valence-electron chi connectivity index (χ1n) is 10.5. The molecule has 0 aliphatic carbocycles. The Hall–Kier alpha value is -2.95. The third-order valence-electron chi connectivity index (χ3n) is 4.11. The number of ether oxygens (including phenoxy) is 1. The Balaban J connectivity index is 1.89. The molecular formula is C23H31N5O4S. The van der Waals surface area contributed by atoms with Gasteiger partial charge in [0.25, 0.3) is 5.91 Å². The molecular weight excluding hydrogens is 442 g/mol. The quantitative estimate of drug-likeness (QED) is 0.156. The molecule has 178 valence electrons. The number of benzene rings is 1. The van der Waals surface area contributed by atoms with Crippen molar-refractivity contribution in [3.63, 3.8) is 0 Å². The molecule has 0 aliphatic rings. The standard InChI is InChI=1S/C23H31N5O4S/c1-18(20-8-6-5-7-9-20)26-28(17-24-23(30)15-31-19(2)29)25-12-13-33-16-22-11-10-21(32-22)14-27(3)4/h5-11,17,25H,12-16H2,1-4H3/b24-17?,26-18+. The van der Waals surface area contributed by atoms with Crippen LogP contribution in [0.2, 0.25) is 0 Å². The fourth-order valence-corrected chi connectivity index (χ4v) is 3.36. The second-order valence-electron chi connectivity index (χ2n) is 7.38. The third-order valence-corrected chi connectivity index (χ3v) is 5.09. The fraction of sp³-hybridized carbons (Fsp3) is 0.391. The molecule has 0 saturated carbocycles. The number of carbonyl (C=O) groups is 2. The van der Waals surface area contributed by atoms with Crippen molar-refractivity contribution in [3.8, 4) is 0 Å². The summed E-state index contributed by atoms with van der Waals surface area (Å²) in [5.41, 5.74) is 4.83. The average Bonchev–Trinajstić information content (AvgIpc) is 3.22. The molecule has 0 saturated heterocycles. The zero-order chi connectivity index (χ0) is 24.1. The number of carbonyl (C=O) groups excluding carboxylic acids is 2. The smallest absolute Gasteiger partial charge is 0.303 e. The van der Waals surface area contributed by atoms with Gasteiger partial charge in [-0.1, -0.05) is 30.3 Å². The lowest BCUT2D eigenvalue weighted by Crippen LogP contribution is -2.35. The van der Waals surface area contributed by atoms with Crippen molar-refractivity contribution >= 4 is 35.7 Å². The SMILES string of the molecule is CC(=O)OCC(=O)N=CN(/N=C(\C)c1ccccc1)NCCSCc1ccc(CN(C)C)o1. The van der Waals surface area contributed by atoms with Crippen LogP contribution in [0.15, 0.2) is 57.0 Å². The van der Waals surface area contributed by atoms with Crippen LogP contribution in [-0.4, -0.2) is 66.9 Å². The number of aliphatic imine (C=N–C) groups is 1. The highest BCUT2D eigenvalue weighted by Gasteiger charge is 2.06. The van der Waals surface area contributed by atoms with E-state index in [-0.39, 0.29) is 0 Å². The van der Waals surface area contributed by atoms with Crippen LogP contribution in [0.1, 0.15) is 30.9 Å². The molecule has 33 heavy (non-hydrogen) atoms. The molecule has 0 fully saturated rings. The van der Waals surface area contributed by atoms with E-state index in [0.717, 1.165) is 40.8 Å². The Morgan fingerprint density at radius 3 is 2.55 bits per heavy atom. The summed E-state index contributed by atoms with van der Waals surface area (Å²) >= 11 is 1.72. The van der Waals surface area contributed by atoms with Crippen LogP contribution in [0.3, 0.4) is 0 Å². The minimum absolute atomic E-state index is 0.407. The molecule has 0 radical (unpaired) electrons. The summed E-state index contributed by atoms with van der Waals surface area (Å²) < 4.78 is 10.5. The van der Waals surface area contributed by atoms with E-state index in [2.05, 4.69) is 25.2 Å². The number of hydrazine groups is 1. The Bertz CT molecular complexity index is 943. The predicted octanol–water partition coefficient (Wildman–Crippen LogP) is 2.92. The molecule has 0 aliphatic heterocycles. The summed E-state index contributed by atoms with van der Waals surface area (Å²) in [5.74, 6) is 2.31. The second-order valence-corrected chi connectivity index (χ2v) is 8.49. The van der Waals surface area contributed by atoms with E-state index in [1.807, 2.05) is 63.5 Å². The van der Waals surface area contributed by atoms with Gasteiger partial charge in [0.15, 0.2) is 6.61 Å². The van der Waals surface area contributed by atoms with E-state index in [9.17, 15) is 9.59 Å². The van der Waals surface area contributed by atoms with E-state index in [1.165, 1.54) is 18.4 Å². The highest BCUT2D eigenvalue weighted by Crippen LogP contribution is 2.16. The number of furan rings is 1. The number of hydrogen-bond donors (Lipinski definition) is 1. The minimum atomic E-state index is -0.578. The Labute approximate surface area is 198 Å². The molecule has 1 aromatic carbocycles. The summed E-state index contributed by atoms with van der Waals surface area (Å²) in [6.45, 7) is 4.06. The lowest BCUT2D eigenvalue weighted by molar-refractivity contribution is -0.145. The highest BCUT2D eigenvalue weighted by molar-refractivity contribution is 7.98. The van der Waals surface area contributed by atoms with Gasteiger partial charge in [-0.3, -0.25) is 9.59 Å². The van der Waals surface area contributed by atoms with Crippen molar-refractivity contribution in [2.24, 2.45) is 10.1 Å². The molecule has 9 nitrogen and oxygen atoms in total. The van der Waals surface area contributed by atoms with E-state index < -0.39 is 18.5 Å². The number of thioether (sulfide) groups is 1. The monoisotopic (exact) mass is 473 g/mol. The van der Waals surface area contributed by atoms with Gasteiger partial charge in [0, 0.05) is 19.2 Å². The van der Waals surface area contributed by atoms with Crippen molar-refractivity contribution in [2.75, 3.05) is 33.0 Å². The summed E-state index contributed by atoms with van der Waals surface area (Å²) in [4.78, 5) is 28.5. The molecule has 0 unspecified atom stereocenters. The first-order chi connectivity index (χ1) is 15.8. The number of nitrogens with one attached hydrogen (secondary N) is 1. The van der Waals surface area contributed by atoms with Gasteiger partial charge in [0.05, 0.1) is 18.0 Å². The minimum Gasteiger partial charge on any atom is -0.464 e. The fourth-order valence-electron chi connectivity index (χ4n) is 2.62. The zero-order valence-corrected chi connectivity index (χ0v) is 20.3. The zero-order valence-electron chi connectivity index (χ0n) is 19.5. The van der Waals surface area contributed by atoms with Gasteiger partial charge < -0.3 is 14.1 Å². The van der Waals surface area contributed by atoms with Crippen LogP contribution < -0.4 is 5.43 Å². The first kappa shape index (κ1) is 26.3. The van der Waals surface area contributed by atoms with Crippen LogP contribution in [0, 0.1) is 0 Å². The maximum absolute atomic E-state index is 11.8. The molecule has 1 N–H and O–H groups in total. The number of nitrogens with zero attached hydrogens (tertiary/aromatic N) is 4. The molecule has 2 aromatic rings. The molecule has 1 amide bonds. The van der Waals surface area contributed by atoms with Gasteiger partial charge in [0.2, 0.25) is 0 Å². The van der Waals surface area contributed by atoms with Gasteiger partial charge in [-0.25, -0.2) is 5.43 Å². The van der Waals surface area contributed by atoms with Crippen molar-refractivity contribution in [1.29, 1.82) is 0 Å². The lowest BCUT2D eigenvalue weighted by Gasteiger charge is -2.16. The highest BCUT2D eigenvalue weighted by atomic mass is 32.2. The Morgan fingerprint density at radius 1 is 1.12 bits per heavy atom. The van der Waals surface area contributed by atoms with E-state index >= 15 is 0 Å². The normalized spacial score (nSPS) is 11.8. The van der Waals surface area contributed by atoms with Crippen molar-refractivity contribution in [2.45, 2.75) is 26.1 Å². The van der Waals surface area contributed by atoms with Gasteiger partial charge >= 0.3 is 5.97 Å². The largest absolute Gasteiger partial charge is 0.464 e. The second kappa shape index (κ2) is 14.2. The van der Waals surface area contributed by atoms with Crippen molar-refractivity contribution in [3.05, 3.63) is 59.5 Å². The molecule has 0 spiro atoms. The third kappa shape index (κ3) is 11.0. The molecule has 0 atom stereocenters. The maximum atomic E-state index is 11.8. The number of amides is 1. The topological polar surface area (TPSA) is 99.7 Å². The van der Waals surface area contributed by atoms with E-state index in [0.29, 0.717) is 6.54 Å². The number of hydrogen-bond acceptors (Lipinski definition) is 8. The average molecular weight is 474 g/mol. The predicted molar refractivity (Wildman–Crippen MR) is 131 cm³/mol. The van der Waals surface area contributed by atoms with Gasteiger partial charge in [0.1, 0.15) is 17.9 Å². The van der Waals surface area contributed by atoms with Crippen LogP contribution >= 0.6 is 11.8 Å². The molecule has 0 bridgehead atoms. The summed E-state index contributed by atoms with van der Waals surface area (Å²) in [6, 6.07) is 13.7. The lowest BCUT2D eigenvalue weighted by atomic mass is 10.1. The van der Waals surface area contributed by atoms with Gasteiger partial charge in [-0.05, 0) is 38.7 Å². The van der Waals surface area contributed by atoms with Gasteiger partial charge in [-0.15, -0.1) is 0 Å². The summed E-state index contributed by atoms with van der Waals surface area (Å²) in [7, 11) is 4.01. The molecule has 1 aromatic heterocycles. The van der Waals surface area contributed by atoms with Gasteiger partial charge in [-0.2, -0.15) is 27.0 Å². The van der Waals surface area contributed by atoms with E-state index in [1.54, 1.807) is 11.8 Å². The van der Waals surface area contributed by atoms with Crippen molar-refractivity contribution < 1.29 is 18.7 Å². The van der Waals surface area contributed by atoms with Crippen LogP contribution in [-0.2, 0) is 26.6 Å². The number of esters is 1. The van der Waals surface area contributed by atoms with Crippen LogP contribution in [0.25, 0.3) is 0 Å². The summed E-state index contributed by atoms with van der Waals surface area (Å²) in [6.07, 6.45) is 1.28. The Kier molecular flexibility index (Phi) is 11.4. The molecule has 2 rings (SSSR count). The number of rotatable bonds is 13. The molecule has 1 heterocycles. The first-order valence-corrected chi connectivity index (χ1v) is 11.6. The maximum Gasteiger partial charge on any atom is 0.303 e. The Morgan fingerprint density at radius 2 is 1.85 bits per heavy atom. The molecule has 10 heteroatoms. The van der Waals surface area contributed by atoms with Crippen molar-refractivity contribution in [1.82, 2.24) is 15.4 Å². The van der Waals surface area contributed by atoms with Crippen LogP contribution in [0.4, 0.5) is 0 Å². The van der Waals surface area contributed by atoms with Crippen LogP contribution in [0.5, 0.6) is 0 Å².